The summed E-state index contributed by atoms with van der Waals surface area (Å²) in [6.07, 6.45) is 0.405. The fourth-order valence-electron chi connectivity index (χ4n) is 3.09. The summed E-state index contributed by atoms with van der Waals surface area (Å²) in [5.74, 6) is -0.0563. The first-order chi connectivity index (χ1) is 13.1. The molecule has 0 N–H and O–H groups in total. The average molecular weight is 413 g/mol. The monoisotopic (exact) mass is 413 g/mol. The van der Waals surface area contributed by atoms with Gasteiger partial charge in [0.25, 0.3) is 5.91 Å². The molecule has 28 heavy (non-hydrogen) atoms. The van der Waals surface area contributed by atoms with Crippen LogP contribution in [0.5, 0.6) is 11.5 Å². The molecule has 0 aromatic heterocycles. The lowest BCUT2D eigenvalue weighted by molar-refractivity contribution is -0.137. The van der Waals surface area contributed by atoms with Gasteiger partial charge in [-0.1, -0.05) is 13.8 Å². The van der Waals surface area contributed by atoms with Crippen molar-refractivity contribution >= 4 is 21.7 Å². The molecule has 1 heterocycles. The summed E-state index contributed by atoms with van der Waals surface area (Å²) in [5, 5.41) is 0. The molecule has 0 aliphatic carbocycles. The summed E-state index contributed by atoms with van der Waals surface area (Å²) in [6, 6.07) is 4.22. The molecule has 1 atom stereocenters. The van der Waals surface area contributed by atoms with Crippen LogP contribution in [-0.2, 0) is 19.4 Å². The first-order valence-corrected chi connectivity index (χ1v) is 10.9. The molecule has 0 spiro atoms. The Balaban J connectivity index is 2.06. The number of benzene rings is 1. The number of sulfone groups is 1. The van der Waals surface area contributed by atoms with Crippen molar-refractivity contribution in [3.8, 4) is 11.5 Å². The van der Waals surface area contributed by atoms with E-state index in [1.807, 2.05) is 13.8 Å². The van der Waals surface area contributed by atoms with Crippen LogP contribution < -0.4 is 9.47 Å². The standard InChI is InChI=1S/C19H27NO7S/c1-13(2)10-20(15-5-6-28(23,24)12-15)18(21)11-27-19(22)14-7-16(25-3)9-17(8-14)26-4/h7-9,13,15H,5-6,10-12H2,1-4H3/t15-/m1/s1. The van der Waals surface area contributed by atoms with E-state index >= 15 is 0 Å². The Hall–Kier alpha value is -2.29. The molecule has 1 saturated heterocycles. The van der Waals surface area contributed by atoms with E-state index in [1.54, 1.807) is 6.07 Å². The molecule has 1 aromatic carbocycles. The van der Waals surface area contributed by atoms with E-state index in [4.69, 9.17) is 14.2 Å². The second-order valence-corrected chi connectivity index (χ2v) is 9.40. The van der Waals surface area contributed by atoms with Gasteiger partial charge in [-0.25, -0.2) is 13.2 Å². The Morgan fingerprint density at radius 3 is 2.21 bits per heavy atom. The zero-order chi connectivity index (χ0) is 20.9. The minimum atomic E-state index is -3.13. The third-order valence-electron chi connectivity index (χ3n) is 4.45. The fourth-order valence-corrected chi connectivity index (χ4v) is 4.82. The molecular formula is C19H27NO7S. The molecule has 1 aliphatic rings. The zero-order valence-electron chi connectivity index (χ0n) is 16.6. The van der Waals surface area contributed by atoms with Crippen molar-refractivity contribution in [1.29, 1.82) is 0 Å². The second-order valence-electron chi connectivity index (χ2n) is 7.17. The minimum Gasteiger partial charge on any atom is -0.497 e. The van der Waals surface area contributed by atoms with Crippen LogP contribution in [0.2, 0.25) is 0 Å². The topological polar surface area (TPSA) is 99.2 Å². The molecule has 1 amide bonds. The Morgan fingerprint density at radius 2 is 1.75 bits per heavy atom. The van der Waals surface area contributed by atoms with E-state index in [0.717, 1.165) is 0 Å². The summed E-state index contributed by atoms with van der Waals surface area (Å²) < 4.78 is 39.0. The van der Waals surface area contributed by atoms with Gasteiger partial charge in [-0.15, -0.1) is 0 Å². The first kappa shape index (κ1) is 22.0. The number of hydrogen-bond donors (Lipinski definition) is 0. The first-order valence-electron chi connectivity index (χ1n) is 9.05. The highest BCUT2D eigenvalue weighted by Crippen LogP contribution is 2.23. The van der Waals surface area contributed by atoms with Crippen LogP contribution >= 0.6 is 0 Å². The van der Waals surface area contributed by atoms with Gasteiger partial charge in [0.2, 0.25) is 0 Å². The maximum atomic E-state index is 12.7. The molecule has 0 radical (unpaired) electrons. The number of rotatable bonds is 8. The molecule has 0 bridgehead atoms. The van der Waals surface area contributed by atoms with Crippen LogP contribution in [0.25, 0.3) is 0 Å². The number of nitrogens with zero attached hydrogens (tertiary/aromatic N) is 1. The molecule has 156 valence electrons. The van der Waals surface area contributed by atoms with Crippen molar-refractivity contribution < 1.29 is 32.2 Å². The highest BCUT2D eigenvalue weighted by atomic mass is 32.2. The summed E-state index contributed by atoms with van der Waals surface area (Å²) in [5.41, 5.74) is 0.197. The third kappa shape index (κ3) is 5.85. The quantitative estimate of drug-likeness (QED) is 0.596. The predicted molar refractivity (Wildman–Crippen MR) is 103 cm³/mol. The van der Waals surface area contributed by atoms with Crippen LogP contribution in [0, 0.1) is 5.92 Å². The van der Waals surface area contributed by atoms with Gasteiger partial charge >= 0.3 is 5.97 Å². The van der Waals surface area contributed by atoms with Crippen molar-refractivity contribution in [2.24, 2.45) is 5.92 Å². The minimum absolute atomic E-state index is 0.0491. The summed E-state index contributed by atoms with van der Waals surface area (Å²) in [7, 11) is -0.199. The molecule has 0 unspecified atom stereocenters. The molecule has 0 saturated carbocycles. The van der Waals surface area contributed by atoms with Crippen LogP contribution in [0.4, 0.5) is 0 Å². The van der Waals surface area contributed by atoms with E-state index in [9.17, 15) is 18.0 Å². The Morgan fingerprint density at radius 1 is 1.14 bits per heavy atom. The van der Waals surface area contributed by atoms with E-state index < -0.39 is 28.3 Å². The normalized spacial score (nSPS) is 18.0. The van der Waals surface area contributed by atoms with Crippen molar-refractivity contribution in [2.75, 3.05) is 38.9 Å². The number of amides is 1. The summed E-state index contributed by atoms with van der Waals surface area (Å²) in [4.78, 5) is 26.5. The molecule has 1 aromatic rings. The number of ether oxygens (including phenoxy) is 3. The molecule has 8 nitrogen and oxygen atoms in total. The predicted octanol–water partition coefficient (Wildman–Crippen LogP) is 1.53. The molecule has 2 rings (SSSR count). The van der Waals surface area contributed by atoms with Crippen LogP contribution in [0.1, 0.15) is 30.6 Å². The SMILES string of the molecule is COc1cc(OC)cc(C(=O)OCC(=O)N(CC(C)C)[C@@H]2CCS(=O)(=O)C2)c1. The maximum Gasteiger partial charge on any atom is 0.338 e. The van der Waals surface area contributed by atoms with Crippen LogP contribution in [0.3, 0.4) is 0 Å². The van der Waals surface area contributed by atoms with Gasteiger partial charge in [-0.3, -0.25) is 4.79 Å². The molecule has 9 heteroatoms. The summed E-state index contributed by atoms with van der Waals surface area (Å²) >= 11 is 0. The zero-order valence-corrected chi connectivity index (χ0v) is 17.5. The van der Waals surface area contributed by atoms with E-state index in [-0.39, 0.29) is 29.0 Å². The van der Waals surface area contributed by atoms with Gasteiger partial charge in [0.15, 0.2) is 16.4 Å². The maximum absolute atomic E-state index is 12.7. The average Bonchev–Trinajstić information content (AvgIpc) is 3.02. The number of methoxy groups -OCH3 is 2. The molecule has 1 fully saturated rings. The summed E-state index contributed by atoms with van der Waals surface area (Å²) in [6.45, 7) is 3.84. The largest absolute Gasteiger partial charge is 0.497 e. The van der Waals surface area contributed by atoms with Crippen molar-refractivity contribution in [3.05, 3.63) is 23.8 Å². The Labute approximate surface area is 165 Å². The van der Waals surface area contributed by atoms with Crippen LogP contribution in [0.15, 0.2) is 18.2 Å². The van der Waals surface area contributed by atoms with E-state index in [0.29, 0.717) is 24.5 Å². The van der Waals surface area contributed by atoms with Gasteiger partial charge in [-0.2, -0.15) is 0 Å². The Kier molecular flexibility index (Phi) is 7.29. The number of carbonyl (C=O) groups is 2. The lowest BCUT2D eigenvalue weighted by atomic mass is 10.1. The fraction of sp³-hybridized carbons (Fsp3) is 0.579. The highest BCUT2D eigenvalue weighted by molar-refractivity contribution is 7.91. The highest BCUT2D eigenvalue weighted by Gasteiger charge is 2.35. The van der Waals surface area contributed by atoms with Gasteiger partial charge in [0.1, 0.15) is 11.5 Å². The third-order valence-corrected chi connectivity index (χ3v) is 6.20. The van der Waals surface area contributed by atoms with Gasteiger partial charge in [0, 0.05) is 18.7 Å². The molecule has 1 aliphatic heterocycles. The van der Waals surface area contributed by atoms with Gasteiger partial charge in [-0.05, 0) is 24.5 Å². The van der Waals surface area contributed by atoms with Crippen LogP contribution in [-0.4, -0.2) is 70.1 Å². The lowest BCUT2D eigenvalue weighted by Crippen LogP contribution is -2.45. The molecular weight excluding hydrogens is 386 g/mol. The Bertz CT molecular complexity index is 797. The smallest absolute Gasteiger partial charge is 0.338 e. The lowest BCUT2D eigenvalue weighted by Gasteiger charge is -2.29. The second kappa shape index (κ2) is 9.27. The number of carbonyl (C=O) groups excluding carboxylic acids is 2. The van der Waals surface area contributed by atoms with E-state index in [2.05, 4.69) is 0 Å². The van der Waals surface area contributed by atoms with Crippen molar-refractivity contribution in [2.45, 2.75) is 26.3 Å². The van der Waals surface area contributed by atoms with E-state index in [1.165, 1.54) is 31.3 Å². The number of hydrogen-bond acceptors (Lipinski definition) is 7. The van der Waals surface area contributed by atoms with Gasteiger partial charge in [0.05, 0.1) is 31.3 Å². The van der Waals surface area contributed by atoms with Crippen molar-refractivity contribution in [1.82, 2.24) is 4.90 Å². The van der Waals surface area contributed by atoms with Crippen molar-refractivity contribution in [3.63, 3.8) is 0 Å². The van der Waals surface area contributed by atoms with Gasteiger partial charge < -0.3 is 19.1 Å². The number of esters is 1.